The molecule has 0 aromatic carbocycles. The second kappa shape index (κ2) is 4.98. The fraction of sp³-hybridized carbons (Fsp3) is 0.545. The average Bonchev–Trinajstić information content (AvgIpc) is 2.86. The van der Waals surface area contributed by atoms with Gasteiger partial charge in [0.05, 0.1) is 6.54 Å². The molecular weight excluding hydrogens is 190 g/mol. The van der Waals surface area contributed by atoms with E-state index >= 15 is 0 Å². The Hall–Kier alpha value is -1.29. The van der Waals surface area contributed by atoms with Crippen molar-refractivity contribution in [2.75, 3.05) is 12.0 Å². The molecule has 2 N–H and O–H groups in total. The highest BCUT2D eigenvalue weighted by Crippen LogP contribution is 2.17. The summed E-state index contributed by atoms with van der Waals surface area (Å²) in [6, 6.07) is 4.30. The second-order valence-electron chi connectivity index (χ2n) is 3.99. The van der Waals surface area contributed by atoms with E-state index in [0.717, 1.165) is 0 Å². The normalized spacial score (nSPS) is 16.8. The van der Waals surface area contributed by atoms with Crippen LogP contribution in [0.2, 0.25) is 0 Å². The Kier molecular flexibility index (Phi) is 3.40. The van der Waals surface area contributed by atoms with Gasteiger partial charge in [0.15, 0.2) is 0 Å². The molecule has 1 heterocycles. The third-order valence-corrected chi connectivity index (χ3v) is 2.76. The molecule has 1 fully saturated rings. The number of hydrogen-bond donors (Lipinski definition) is 2. The van der Waals surface area contributed by atoms with E-state index in [1.807, 2.05) is 24.5 Å². The van der Waals surface area contributed by atoms with Crippen molar-refractivity contribution in [3.05, 3.63) is 24.5 Å². The Morgan fingerprint density at radius 2 is 1.93 bits per heavy atom. The van der Waals surface area contributed by atoms with E-state index in [-0.39, 0.29) is 5.91 Å². The van der Waals surface area contributed by atoms with Gasteiger partial charge in [0, 0.05) is 18.4 Å². The molecule has 0 aliphatic heterocycles. The van der Waals surface area contributed by atoms with Gasteiger partial charge in [0.25, 0.3) is 5.91 Å². The molecule has 0 bridgehead atoms. The Morgan fingerprint density at radius 3 is 2.60 bits per heavy atom. The number of nitrogens with one attached hydrogen (secondary N) is 2. The fourth-order valence-electron chi connectivity index (χ4n) is 1.96. The lowest BCUT2D eigenvalue weighted by molar-refractivity contribution is -0.116. The summed E-state index contributed by atoms with van der Waals surface area (Å²) in [5.74, 6) is 0.0121. The van der Waals surface area contributed by atoms with Crippen LogP contribution in [0, 0.1) is 0 Å². The molecule has 4 heteroatoms. The van der Waals surface area contributed by atoms with Crippen LogP contribution in [0.4, 0.5) is 0 Å². The molecule has 0 unspecified atom stereocenters. The van der Waals surface area contributed by atoms with E-state index in [2.05, 4.69) is 10.7 Å². The maximum Gasteiger partial charge on any atom is 0.252 e. The number of carbonyl (C=O) groups is 1. The van der Waals surface area contributed by atoms with Crippen LogP contribution in [-0.2, 0) is 4.79 Å². The summed E-state index contributed by atoms with van der Waals surface area (Å²) in [4.78, 5) is 11.5. The van der Waals surface area contributed by atoms with Crippen molar-refractivity contribution in [1.29, 1.82) is 0 Å². The van der Waals surface area contributed by atoms with Crippen LogP contribution in [0.3, 0.4) is 0 Å². The predicted molar refractivity (Wildman–Crippen MR) is 59.1 cm³/mol. The molecule has 82 valence electrons. The van der Waals surface area contributed by atoms with E-state index in [1.54, 1.807) is 4.68 Å². The van der Waals surface area contributed by atoms with Gasteiger partial charge in [-0.25, -0.2) is 0 Å². The summed E-state index contributed by atoms with van der Waals surface area (Å²) < 4.78 is 1.67. The van der Waals surface area contributed by atoms with Gasteiger partial charge in [-0.05, 0) is 25.0 Å². The lowest BCUT2D eigenvalue weighted by Crippen LogP contribution is -2.36. The van der Waals surface area contributed by atoms with Crippen LogP contribution >= 0.6 is 0 Å². The first-order chi connectivity index (χ1) is 7.34. The molecule has 1 aromatic rings. The van der Waals surface area contributed by atoms with Gasteiger partial charge in [-0.15, -0.1) is 0 Å². The van der Waals surface area contributed by atoms with Gasteiger partial charge in [-0.3, -0.25) is 14.9 Å². The minimum Gasteiger partial charge on any atom is -0.306 e. The summed E-state index contributed by atoms with van der Waals surface area (Å²) in [5, 5.41) is 3.27. The lowest BCUT2D eigenvalue weighted by atomic mass is 10.2. The number of aromatic nitrogens is 1. The molecule has 0 spiro atoms. The third kappa shape index (κ3) is 3.09. The SMILES string of the molecule is O=C(CNC1CCCC1)Nn1cccc1. The highest BCUT2D eigenvalue weighted by atomic mass is 16.2. The fourth-order valence-corrected chi connectivity index (χ4v) is 1.96. The van der Waals surface area contributed by atoms with Crippen molar-refractivity contribution in [2.45, 2.75) is 31.7 Å². The highest BCUT2D eigenvalue weighted by molar-refractivity contribution is 5.85. The van der Waals surface area contributed by atoms with Crippen LogP contribution in [-0.4, -0.2) is 23.2 Å². The Balaban J connectivity index is 1.68. The number of nitrogens with zero attached hydrogens (tertiary/aromatic N) is 1. The smallest absolute Gasteiger partial charge is 0.252 e. The first-order valence-corrected chi connectivity index (χ1v) is 5.51. The van der Waals surface area contributed by atoms with Crippen LogP contribution in [0.1, 0.15) is 25.7 Å². The Morgan fingerprint density at radius 1 is 1.27 bits per heavy atom. The van der Waals surface area contributed by atoms with Crippen molar-refractivity contribution in [3.8, 4) is 0 Å². The number of amides is 1. The predicted octanol–water partition coefficient (Wildman–Crippen LogP) is 1.09. The quantitative estimate of drug-likeness (QED) is 0.776. The van der Waals surface area contributed by atoms with Gasteiger partial charge in [-0.1, -0.05) is 12.8 Å². The largest absolute Gasteiger partial charge is 0.306 e. The summed E-state index contributed by atoms with van der Waals surface area (Å²) in [5.41, 5.74) is 2.76. The van der Waals surface area contributed by atoms with Crippen molar-refractivity contribution in [3.63, 3.8) is 0 Å². The summed E-state index contributed by atoms with van der Waals surface area (Å²) in [6.07, 6.45) is 8.61. The molecule has 0 atom stereocenters. The van der Waals surface area contributed by atoms with Gasteiger partial charge in [0.2, 0.25) is 0 Å². The van der Waals surface area contributed by atoms with Crippen molar-refractivity contribution >= 4 is 5.91 Å². The van der Waals surface area contributed by atoms with E-state index in [9.17, 15) is 4.79 Å². The molecule has 1 saturated carbocycles. The molecule has 4 nitrogen and oxygen atoms in total. The molecule has 2 rings (SSSR count). The Bertz CT molecular complexity index is 302. The number of rotatable bonds is 4. The topological polar surface area (TPSA) is 46.1 Å². The van der Waals surface area contributed by atoms with Crippen LogP contribution in [0.25, 0.3) is 0 Å². The first kappa shape index (κ1) is 10.2. The average molecular weight is 207 g/mol. The maximum atomic E-state index is 11.5. The summed E-state index contributed by atoms with van der Waals surface area (Å²) in [6.45, 7) is 0.406. The zero-order chi connectivity index (χ0) is 10.5. The Labute approximate surface area is 89.6 Å². The molecule has 1 aliphatic rings. The number of hydrogen-bond acceptors (Lipinski definition) is 2. The van der Waals surface area contributed by atoms with E-state index < -0.39 is 0 Å². The van der Waals surface area contributed by atoms with Gasteiger partial charge in [-0.2, -0.15) is 0 Å². The van der Waals surface area contributed by atoms with E-state index in [4.69, 9.17) is 0 Å². The molecule has 0 saturated heterocycles. The number of carbonyl (C=O) groups excluding carboxylic acids is 1. The summed E-state index contributed by atoms with van der Waals surface area (Å²) >= 11 is 0. The molecule has 1 aliphatic carbocycles. The minimum atomic E-state index is 0.0121. The van der Waals surface area contributed by atoms with Crippen LogP contribution in [0.5, 0.6) is 0 Å². The van der Waals surface area contributed by atoms with Gasteiger partial charge >= 0.3 is 0 Å². The highest BCUT2D eigenvalue weighted by Gasteiger charge is 2.14. The van der Waals surface area contributed by atoms with E-state index in [0.29, 0.717) is 12.6 Å². The van der Waals surface area contributed by atoms with Gasteiger partial charge in [0.1, 0.15) is 0 Å². The molecule has 1 aromatic heterocycles. The lowest BCUT2D eigenvalue weighted by Gasteiger charge is -2.11. The first-order valence-electron chi connectivity index (χ1n) is 5.51. The standard InChI is InChI=1S/C11H17N3O/c15-11(13-14-7-3-4-8-14)9-12-10-5-1-2-6-10/h3-4,7-8,10,12H,1-2,5-6,9H2,(H,13,15). The molecule has 1 amide bonds. The second-order valence-corrected chi connectivity index (χ2v) is 3.99. The zero-order valence-electron chi connectivity index (χ0n) is 8.78. The van der Waals surface area contributed by atoms with Gasteiger partial charge < -0.3 is 5.32 Å². The van der Waals surface area contributed by atoms with Crippen LogP contribution in [0.15, 0.2) is 24.5 Å². The van der Waals surface area contributed by atoms with Crippen molar-refractivity contribution < 1.29 is 4.79 Å². The molecular formula is C11H17N3O. The summed E-state index contributed by atoms with van der Waals surface area (Å²) in [7, 11) is 0. The third-order valence-electron chi connectivity index (χ3n) is 2.76. The minimum absolute atomic E-state index is 0.0121. The van der Waals surface area contributed by atoms with Crippen molar-refractivity contribution in [1.82, 2.24) is 9.99 Å². The molecule has 0 radical (unpaired) electrons. The zero-order valence-corrected chi connectivity index (χ0v) is 8.78. The molecule has 15 heavy (non-hydrogen) atoms. The van der Waals surface area contributed by atoms with Crippen LogP contribution < -0.4 is 10.7 Å². The van der Waals surface area contributed by atoms with E-state index in [1.165, 1.54) is 25.7 Å². The monoisotopic (exact) mass is 207 g/mol. The maximum absolute atomic E-state index is 11.5. The van der Waals surface area contributed by atoms with Crippen molar-refractivity contribution in [2.24, 2.45) is 0 Å².